The van der Waals surface area contributed by atoms with Gasteiger partial charge in [0.2, 0.25) is 0 Å². The van der Waals surface area contributed by atoms with Crippen molar-refractivity contribution in [2.24, 2.45) is 0 Å². The molecule has 21 heavy (non-hydrogen) atoms. The molecule has 4 nitrogen and oxygen atoms in total. The lowest BCUT2D eigenvalue weighted by Gasteiger charge is -2.04. The summed E-state index contributed by atoms with van der Waals surface area (Å²) < 4.78 is 7.75. The quantitative estimate of drug-likeness (QED) is 0.696. The molecular formula is C16H13NO3S. The zero-order valence-electron chi connectivity index (χ0n) is 11.2. The van der Waals surface area contributed by atoms with Crippen molar-refractivity contribution >= 4 is 27.6 Å². The van der Waals surface area contributed by atoms with Gasteiger partial charge in [-0.1, -0.05) is 41.9 Å². The highest BCUT2D eigenvalue weighted by atomic mass is 32.1. The number of aromatic nitrogens is 1. The number of carbonyl (C=O) groups excluding carboxylic acids is 1. The minimum Gasteiger partial charge on any atom is -0.460 e. The first-order valence-corrected chi connectivity index (χ1v) is 7.34. The summed E-state index contributed by atoms with van der Waals surface area (Å²) in [6, 6.07) is 16.3. The summed E-state index contributed by atoms with van der Waals surface area (Å²) >= 11 is 1.38. The highest BCUT2D eigenvalue weighted by molar-refractivity contribution is 7.13. The van der Waals surface area contributed by atoms with E-state index in [1.54, 1.807) is 34.3 Å². The maximum Gasteiger partial charge on any atom is 0.338 e. The Bertz CT molecular complexity index is 820. The Hall–Kier alpha value is -2.40. The Morgan fingerprint density at radius 3 is 2.52 bits per heavy atom. The van der Waals surface area contributed by atoms with Crippen molar-refractivity contribution in [3.63, 3.8) is 0 Å². The van der Waals surface area contributed by atoms with Gasteiger partial charge in [-0.15, -0.1) is 0 Å². The van der Waals surface area contributed by atoms with Crippen LogP contribution in [0.5, 0.6) is 0 Å². The third-order valence-corrected chi connectivity index (χ3v) is 4.21. The fourth-order valence-electron chi connectivity index (χ4n) is 2.04. The van der Waals surface area contributed by atoms with Crippen LogP contribution in [0.25, 0.3) is 10.1 Å². The van der Waals surface area contributed by atoms with Crippen molar-refractivity contribution in [2.75, 3.05) is 6.61 Å². The van der Waals surface area contributed by atoms with E-state index in [-0.39, 0.29) is 18.1 Å². The van der Waals surface area contributed by atoms with Gasteiger partial charge in [-0.2, -0.15) is 0 Å². The largest absolute Gasteiger partial charge is 0.460 e. The van der Waals surface area contributed by atoms with Gasteiger partial charge >= 0.3 is 5.97 Å². The third-order valence-electron chi connectivity index (χ3n) is 3.09. The Morgan fingerprint density at radius 2 is 1.76 bits per heavy atom. The first-order chi connectivity index (χ1) is 10.3. The van der Waals surface area contributed by atoms with E-state index in [1.807, 2.05) is 24.3 Å². The van der Waals surface area contributed by atoms with Crippen LogP contribution in [0.4, 0.5) is 0 Å². The third kappa shape index (κ3) is 2.87. The zero-order chi connectivity index (χ0) is 14.7. The summed E-state index contributed by atoms with van der Waals surface area (Å²) in [4.78, 5) is 23.9. The standard InChI is InChI=1S/C16H13NO3S/c18-15-13-8-4-5-9-14(13)21-17(15)10-11-20-16(19)12-6-2-1-3-7-12/h1-9H,10-11H2. The van der Waals surface area contributed by atoms with E-state index in [9.17, 15) is 9.59 Å². The number of hydrogen-bond donors (Lipinski definition) is 0. The second-order valence-corrected chi connectivity index (χ2v) is 5.56. The second-order valence-electron chi connectivity index (χ2n) is 4.50. The lowest BCUT2D eigenvalue weighted by Crippen LogP contribution is -2.18. The molecule has 0 saturated heterocycles. The fourth-order valence-corrected chi connectivity index (χ4v) is 3.02. The van der Waals surface area contributed by atoms with Crippen LogP contribution in [-0.2, 0) is 11.3 Å². The second kappa shape index (κ2) is 5.93. The molecule has 2 aromatic carbocycles. The van der Waals surface area contributed by atoms with Crippen LogP contribution in [0, 0.1) is 0 Å². The van der Waals surface area contributed by atoms with Gasteiger partial charge in [0, 0.05) is 0 Å². The van der Waals surface area contributed by atoms with Gasteiger partial charge in [0.25, 0.3) is 5.56 Å². The van der Waals surface area contributed by atoms with E-state index < -0.39 is 0 Å². The molecule has 0 aliphatic carbocycles. The van der Waals surface area contributed by atoms with Gasteiger partial charge in [-0.3, -0.25) is 8.75 Å². The summed E-state index contributed by atoms with van der Waals surface area (Å²) in [6.07, 6.45) is 0. The monoisotopic (exact) mass is 299 g/mol. The molecule has 0 atom stereocenters. The van der Waals surface area contributed by atoms with Crippen molar-refractivity contribution in [3.05, 3.63) is 70.5 Å². The molecule has 0 aliphatic rings. The molecule has 0 radical (unpaired) electrons. The highest BCUT2D eigenvalue weighted by Gasteiger charge is 2.09. The number of rotatable bonds is 4. The lowest BCUT2D eigenvalue weighted by molar-refractivity contribution is 0.0493. The minimum absolute atomic E-state index is 0.0358. The van der Waals surface area contributed by atoms with Gasteiger partial charge in [-0.25, -0.2) is 4.79 Å². The van der Waals surface area contributed by atoms with Crippen molar-refractivity contribution in [1.29, 1.82) is 0 Å². The number of fused-ring (bicyclic) bond motifs is 1. The van der Waals surface area contributed by atoms with E-state index in [4.69, 9.17) is 4.74 Å². The molecule has 0 amide bonds. The molecule has 1 aromatic heterocycles. The SMILES string of the molecule is O=C(OCCn1sc2ccccc2c1=O)c1ccccc1. The Morgan fingerprint density at radius 1 is 1.05 bits per heavy atom. The first-order valence-electron chi connectivity index (χ1n) is 6.57. The van der Waals surface area contributed by atoms with E-state index in [0.29, 0.717) is 17.5 Å². The number of esters is 1. The maximum atomic E-state index is 12.1. The molecule has 0 saturated carbocycles. The predicted molar refractivity (Wildman–Crippen MR) is 82.8 cm³/mol. The summed E-state index contributed by atoms with van der Waals surface area (Å²) in [5.74, 6) is -0.371. The molecule has 0 unspecified atom stereocenters. The zero-order valence-corrected chi connectivity index (χ0v) is 12.0. The Balaban J connectivity index is 1.66. The normalized spacial score (nSPS) is 10.7. The average molecular weight is 299 g/mol. The molecule has 106 valence electrons. The van der Waals surface area contributed by atoms with Crippen LogP contribution in [-0.4, -0.2) is 16.5 Å². The molecule has 3 rings (SSSR count). The van der Waals surface area contributed by atoms with Gasteiger partial charge in [-0.05, 0) is 24.3 Å². The summed E-state index contributed by atoms with van der Waals surface area (Å²) in [7, 11) is 0. The van der Waals surface area contributed by atoms with Crippen LogP contribution in [0.2, 0.25) is 0 Å². The molecule has 0 aliphatic heterocycles. The van der Waals surface area contributed by atoms with E-state index in [2.05, 4.69) is 0 Å². The first kappa shape index (κ1) is 13.6. The number of ether oxygens (including phenoxy) is 1. The summed E-state index contributed by atoms with van der Waals surface area (Å²) in [6.45, 7) is 0.553. The van der Waals surface area contributed by atoms with Crippen LogP contribution in [0.15, 0.2) is 59.4 Å². The van der Waals surface area contributed by atoms with Crippen molar-refractivity contribution in [3.8, 4) is 0 Å². The topological polar surface area (TPSA) is 48.3 Å². The molecule has 5 heteroatoms. The number of carbonyl (C=O) groups is 1. The fraction of sp³-hybridized carbons (Fsp3) is 0.125. The molecule has 3 aromatic rings. The van der Waals surface area contributed by atoms with Crippen LogP contribution in [0.3, 0.4) is 0 Å². The van der Waals surface area contributed by atoms with Crippen molar-refractivity contribution in [2.45, 2.75) is 6.54 Å². The van der Waals surface area contributed by atoms with Crippen LogP contribution >= 0.6 is 11.5 Å². The maximum absolute atomic E-state index is 12.1. The molecule has 1 heterocycles. The van der Waals surface area contributed by atoms with Crippen LogP contribution < -0.4 is 5.56 Å². The average Bonchev–Trinajstić information content (AvgIpc) is 2.85. The lowest BCUT2D eigenvalue weighted by atomic mass is 10.2. The smallest absolute Gasteiger partial charge is 0.338 e. The minimum atomic E-state index is -0.371. The van der Waals surface area contributed by atoms with Gasteiger partial charge in [0.1, 0.15) is 6.61 Å². The summed E-state index contributed by atoms with van der Waals surface area (Å²) in [5, 5.41) is 0.705. The van der Waals surface area contributed by atoms with Crippen molar-refractivity contribution < 1.29 is 9.53 Å². The van der Waals surface area contributed by atoms with Gasteiger partial charge < -0.3 is 4.74 Å². The number of nitrogens with zero attached hydrogens (tertiary/aromatic N) is 1. The van der Waals surface area contributed by atoms with Crippen LogP contribution in [0.1, 0.15) is 10.4 Å². The highest BCUT2D eigenvalue weighted by Crippen LogP contribution is 2.15. The van der Waals surface area contributed by atoms with Gasteiger partial charge in [0.05, 0.1) is 22.2 Å². The van der Waals surface area contributed by atoms with Gasteiger partial charge in [0.15, 0.2) is 0 Å². The molecule has 0 N–H and O–H groups in total. The predicted octanol–water partition coefficient (Wildman–Crippen LogP) is 2.92. The number of hydrogen-bond acceptors (Lipinski definition) is 4. The summed E-state index contributed by atoms with van der Waals surface area (Å²) in [5.41, 5.74) is 0.479. The Labute approximate surface area is 125 Å². The molecule has 0 bridgehead atoms. The molecule has 0 fully saturated rings. The van der Waals surface area contributed by atoms with E-state index in [1.165, 1.54) is 11.5 Å². The van der Waals surface area contributed by atoms with Crippen molar-refractivity contribution in [1.82, 2.24) is 3.96 Å². The molecule has 0 spiro atoms. The Kier molecular flexibility index (Phi) is 3.83. The van der Waals surface area contributed by atoms with E-state index >= 15 is 0 Å². The molecular weight excluding hydrogens is 286 g/mol. The van der Waals surface area contributed by atoms with E-state index in [0.717, 1.165) is 4.70 Å². The number of benzene rings is 2.